The third kappa shape index (κ3) is 5.98. The highest BCUT2D eigenvalue weighted by molar-refractivity contribution is 6.38. The van der Waals surface area contributed by atoms with Crippen molar-refractivity contribution in [1.82, 2.24) is 10.6 Å². The summed E-state index contributed by atoms with van der Waals surface area (Å²) in [4.78, 5) is 25.6. The van der Waals surface area contributed by atoms with Crippen LogP contribution in [0.4, 0.5) is 4.79 Å². The maximum Gasteiger partial charge on any atom is 0.338 e. The Morgan fingerprint density at radius 3 is 2.35 bits per heavy atom. The first-order chi connectivity index (χ1) is 14.7. The molecule has 0 spiro atoms. The van der Waals surface area contributed by atoms with E-state index in [9.17, 15) is 9.59 Å². The average molecular weight is 473 g/mol. The summed E-state index contributed by atoms with van der Waals surface area (Å²) in [6.45, 7) is 9.88. The molecule has 31 heavy (non-hydrogen) atoms. The lowest BCUT2D eigenvalue weighted by Gasteiger charge is -2.31. The number of nitrogens with one attached hydrogen (secondary N) is 2. The number of unbranched alkanes of at least 4 members (excludes halogenated alkanes) is 1. The van der Waals surface area contributed by atoms with Gasteiger partial charge in [-0.1, -0.05) is 36.5 Å². The number of amides is 2. The molecule has 0 radical (unpaired) electrons. The van der Waals surface area contributed by atoms with Crippen LogP contribution in [0.3, 0.4) is 0 Å². The van der Waals surface area contributed by atoms with Crippen LogP contribution in [-0.2, 0) is 9.53 Å². The monoisotopic (exact) mass is 472 g/mol. The van der Waals surface area contributed by atoms with Gasteiger partial charge in [-0.2, -0.15) is 0 Å². The van der Waals surface area contributed by atoms with Crippen LogP contribution in [0.15, 0.2) is 17.3 Å². The molecule has 0 saturated heterocycles. The van der Waals surface area contributed by atoms with Crippen LogP contribution in [0.2, 0.25) is 10.0 Å². The number of carbonyl (C=O) groups is 2. The summed E-state index contributed by atoms with van der Waals surface area (Å²) in [5.74, 6) is 0.0656. The zero-order valence-electron chi connectivity index (χ0n) is 18.6. The minimum atomic E-state index is -0.848. The second-order valence-corrected chi connectivity index (χ2v) is 8.05. The van der Waals surface area contributed by atoms with Gasteiger partial charge in [0.25, 0.3) is 0 Å². The van der Waals surface area contributed by atoms with E-state index in [1.807, 2.05) is 20.8 Å². The lowest BCUT2D eigenvalue weighted by Crippen LogP contribution is -2.46. The topological polar surface area (TPSA) is 85.9 Å². The fourth-order valence-electron chi connectivity index (χ4n) is 3.30. The fraction of sp³-hybridized carbons (Fsp3) is 0.545. The molecule has 2 N–H and O–H groups in total. The molecule has 1 aromatic carbocycles. The van der Waals surface area contributed by atoms with Crippen molar-refractivity contribution in [2.75, 3.05) is 13.2 Å². The zero-order valence-corrected chi connectivity index (χ0v) is 20.1. The van der Waals surface area contributed by atoms with Crippen LogP contribution in [0.25, 0.3) is 0 Å². The summed E-state index contributed by atoms with van der Waals surface area (Å²) in [7, 11) is 0. The summed E-state index contributed by atoms with van der Waals surface area (Å²) in [5.41, 5.74) is 1.28. The van der Waals surface area contributed by atoms with Crippen molar-refractivity contribution in [2.24, 2.45) is 0 Å². The van der Waals surface area contributed by atoms with Crippen molar-refractivity contribution in [3.63, 3.8) is 0 Å². The third-order valence-electron chi connectivity index (χ3n) is 4.55. The standard InChI is InChI=1S/C22H30Cl2N2O5/c1-6-9-10-15-16(21(27)31-12(4)5)18(26-22(28)25-15)13-11-14(23)20(30-8-3)17(24)19(13)29-7-2/h11-12,18H,6-10H2,1-5H3,(H2,25,26,28). The summed E-state index contributed by atoms with van der Waals surface area (Å²) in [6, 6.07) is 0.333. The largest absolute Gasteiger partial charge is 0.492 e. The van der Waals surface area contributed by atoms with Gasteiger partial charge in [0.2, 0.25) is 0 Å². The van der Waals surface area contributed by atoms with Crippen LogP contribution in [0, 0.1) is 0 Å². The van der Waals surface area contributed by atoms with Gasteiger partial charge < -0.3 is 24.8 Å². The summed E-state index contributed by atoms with van der Waals surface area (Å²) in [5, 5.41) is 6.01. The summed E-state index contributed by atoms with van der Waals surface area (Å²) < 4.78 is 16.9. The Balaban J connectivity index is 2.71. The first-order valence-corrected chi connectivity index (χ1v) is 11.3. The lowest BCUT2D eigenvalue weighted by atomic mass is 9.92. The molecule has 0 saturated carbocycles. The number of benzene rings is 1. The van der Waals surface area contributed by atoms with Crippen molar-refractivity contribution < 1.29 is 23.8 Å². The highest BCUT2D eigenvalue weighted by Crippen LogP contribution is 2.46. The Hall–Kier alpha value is -2.12. The maximum absolute atomic E-state index is 13.1. The molecule has 1 aliphatic heterocycles. The number of allylic oxidation sites excluding steroid dienone is 1. The van der Waals surface area contributed by atoms with Crippen LogP contribution >= 0.6 is 23.2 Å². The first kappa shape index (κ1) is 25.1. The van der Waals surface area contributed by atoms with Gasteiger partial charge in [0.05, 0.1) is 36.0 Å². The quantitative estimate of drug-likeness (QED) is 0.436. The molecule has 1 aromatic rings. The molecule has 7 nitrogen and oxygen atoms in total. The van der Waals surface area contributed by atoms with Crippen molar-refractivity contribution in [1.29, 1.82) is 0 Å². The van der Waals surface area contributed by atoms with Gasteiger partial charge >= 0.3 is 12.0 Å². The van der Waals surface area contributed by atoms with Gasteiger partial charge in [0.15, 0.2) is 5.75 Å². The predicted molar refractivity (Wildman–Crippen MR) is 121 cm³/mol. The first-order valence-electron chi connectivity index (χ1n) is 10.5. The SMILES string of the molecule is CCCCC1=C(C(=O)OC(C)C)C(c2cc(Cl)c(OCC)c(Cl)c2OCC)NC(=O)N1. The Morgan fingerprint density at radius 1 is 1.13 bits per heavy atom. The van der Waals surface area contributed by atoms with Gasteiger partial charge in [0.1, 0.15) is 10.8 Å². The van der Waals surface area contributed by atoms with Gasteiger partial charge in [-0.25, -0.2) is 9.59 Å². The molecule has 0 aromatic heterocycles. The molecular weight excluding hydrogens is 443 g/mol. The molecule has 9 heteroatoms. The minimum absolute atomic E-state index is 0.186. The Labute approximate surface area is 193 Å². The third-order valence-corrected chi connectivity index (χ3v) is 5.17. The van der Waals surface area contributed by atoms with Crippen LogP contribution in [0.5, 0.6) is 11.5 Å². The molecule has 2 rings (SSSR count). The van der Waals surface area contributed by atoms with Crippen molar-refractivity contribution in [3.05, 3.63) is 32.9 Å². The van der Waals surface area contributed by atoms with Crippen molar-refractivity contribution >= 4 is 35.2 Å². The Bertz CT molecular complexity index is 855. The molecule has 0 aliphatic carbocycles. The molecule has 0 fully saturated rings. The summed E-state index contributed by atoms with van der Waals surface area (Å²) >= 11 is 13.0. The molecule has 172 valence electrons. The average Bonchev–Trinajstić information content (AvgIpc) is 2.70. The predicted octanol–water partition coefficient (Wildman–Crippen LogP) is 5.54. The minimum Gasteiger partial charge on any atom is -0.492 e. The highest BCUT2D eigenvalue weighted by Gasteiger charge is 2.37. The van der Waals surface area contributed by atoms with E-state index in [4.69, 9.17) is 37.4 Å². The Kier molecular flexibility index (Phi) is 9.32. The normalized spacial score (nSPS) is 16.1. The van der Waals surface area contributed by atoms with Crippen LogP contribution in [-0.4, -0.2) is 31.3 Å². The number of hydrogen-bond acceptors (Lipinski definition) is 5. The number of rotatable bonds is 10. The number of ether oxygens (including phenoxy) is 3. The van der Waals surface area contributed by atoms with E-state index in [1.54, 1.807) is 19.9 Å². The second-order valence-electron chi connectivity index (χ2n) is 7.27. The van der Waals surface area contributed by atoms with E-state index >= 15 is 0 Å². The number of carbonyl (C=O) groups excluding carboxylic acids is 2. The molecular formula is C22H30Cl2N2O5. The van der Waals surface area contributed by atoms with E-state index in [2.05, 4.69) is 10.6 Å². The van der Waals surface area contributed by atoms with E-state index < -0.39 is 18.0 Å². The molecule has 1 unspecified atom stereocenters. The zero-order chi connectivity index (χ0) is 23.1. The molecule has 1 aliphatic rings. The van der Waals surface area contributed by atoms with Gasteiger partial charge in [-0.3, -0.25) is 0 Å². The second kappa shape index (κ2) is 11.5. The molecule has 1 atom stereocenters. The van der Waals surface area contributed by atoms with E-state index in [0.717, 1.165) is 12.8 Å². The van der Waals surface area contributed by atoms with Crippen molar-refractivity contribution in [2.45, 2.75) is 66.0 Å². The van der Waals surface area contributed by atoms with Gasteiger partial charge in [0, 0.05) is 11.3 Å². The molecule has 2 amide bonds. The van der Waals surface area contributed by atoms with Crippen LogP contribution in [0.1, 0.15) is 65.5 Å². The number of esters is 1. The number of urea groups is 1. The molecule has 1 heterocycles. The lowest BCUT2D eigenvalue weighted by molar-refractivity contribution is -0.143. The molecule has 0 bridgehead atoms. The number of hydrogen-bond donors (Lipinski definition) is 2. The fourth-order valence-corrected chi connectivity index (χ4v) is 3.94. The summed E-state index contributed by atoms with van der Waals surface area (Å²) in [6.07, 6.45) is 1.88. The maximum atomic E-state index is 13.1. The van der Waals surface area contributed by atoms with E-state index in [-0.39, 0.29) is 16.1 Å². The van der Waals surface area contributed by atoms with Gasteiger partial charge in [-0.05, 0) is 46.6 Å². The highest BCUT2D eigenvalue weighted by atomic mass is 35.5. The van der Waals surface area contributed by atoms with Crippen LogP contribution < -0.4 is 20.1 Å². The Morgan fingerprint density at radius 2 is 1.77 bits per heavy atom. The number of halogens is 2. The van der Waals surface area contributed by atoms with E-state index in [1.165, 1.54) is 0 Å². The van der Waals surface area contributed by atoms with E-state index in [0.29, 0.717) is 48.0 Å². The van der Waals surface area contributed by atoms with Gasteiger partial charge in [-0.15, -0.1) is 0 Å². The smallest absolute Gasteiger partial charge is 0.338 e. The van der Waals surface area contributed by atoms with Crippen molar-refractivity contribution in [3.8, 4) is 11.5 Å².